The Kier molecular flexibility index (Phi) is 4.17. The number of hydrogen-bond acceptors (Lipinski definition) is 3. The van der Waals surface area contributed by atoms with Gasteiger partial charge in [-0.25, -0.2) is 0 Å². The molecule has 1 unspecified atom stereocenters. The molecular formula is C16H21N3. The van der Waals surface area contributed by atoms with Gasteiger partial charge in [0.25, 0.3) is 0 Å². The molecule has 0 fully saturated rings. The number of nitrogen functional groups attached to an aromatic ring is 1. The summed E-state index contributed by atoms with van der Waals surface area (Å²) in [6, 6.07) is 10.6. The molecule has 1 heterocycles. The minimum atomic E-state index is 0.0786. The molecule has 0 radical (unpaired) electrons. The van der Waals surface area contributed by atoms with Crippen LogP contribution in [0.5, 0.6) is 0 Å². The molecule has 3 heteroatoms. The molecule has 0 spiro atoms. The lowest BCUT2D eigenvalue weighted by atomic mass is 9.95. The van der Waals surface area contributed by atoms with E-state index in [4.69, 9.17) is 5.73 Å². The monoisotopic (exact) mass is 255 g/mol. The van der Waals surface area contributed by atoms with E-state index >= 15 is 0 Å². The Balaban J connectivity index is 2.35. The van der Waals surface area contributed by atoms with Crippen molar-refractivity contribution < 1.29 is 0 Å². The quantitative estimate of drug-likeness (QED) is 0.882. The highest BCUT2D eigenvalue weighted by molar-refractivity contribution is 5.49. The van der Waals surface area contributed by atoms with Gasteiger partial charge in [-0.1, -0.05) is 38.1 Å². The molecule has 19 heavy (non-hydrogen) atoms. The Morgan fingerprint density at radius 2 is 1.68 bits per heavy atom. The molecule has 2 rings (SSSR count). The molecule has 0 bridgehead atoms. The second kappa shape index (κ2) is 5.85. The number of nitrogens with zero attached hydrogens (tertiary/aromatic N) is 1. The summed E-state index contributed by atoms with van der Waals surface area (Å²) in [6.07, 6.45) is 3.54. The Bertz CT molecular complexity index is 532. The predicted octanol–water partition coefficient (Wildman–Crippen LogP) is 3.10. The second-order valence-corrected chi connectivity index (χ2v) is 5.05. The van der Waals surface area contributed by atoms with Gasteiger partial charge in [0.05, 0.1) is 6.04 Å². The van der Waals surface area contributed by atoms with E-state index < -0.39 is 0 Å². The smallest absolute Gasteiger partial charge is 0.0610 e. The van der Waals surface area contributed by atoms with Crippen LogP contribution in [0.4, 0.5) is 5.69 Å². The minimum absolute atomic E-state index is 0.0786. The lowest BCUT2D eigenvalue weighted by Gasteiger charge is -2.19. The van der Waals surface area contributed by atoms with Gasteiger partial charge in [-0.15, -0.1) is 0 Å². The van der Waals surface area contributed by atoms with Crippen LogP contribution in [0.15, 0.2) is 42.7 Å². The van der Waals surface area contributed by atoms with Crippen molar-refractivity contribution in [2.45, 2.75) is 25.8 Å². The molecule has 0 saturated heterocycles. The highest BCUT2D eigenvalue weighted by atomic mass is 14.9. The van der Waals surface area contributed by atoms with Crippen LogP contribution >= 0.6 is 0 Å². The van der Waals surface area contributed by atoms with Crippen LogP contribution < -0.4 is 11.1 Å². The maximum Gasteiger partial charge on any atom is 0.0610 e. The average molecular weight is 255 g/mol. The largest absolute Gasteiger partial charge is 0.398 e. The Hall–Kier alpha value is -1.87. The highest BCUT2D eigenvalue weighted by Crippen LogP contribution is 2.26. The van der Waals surface area contributed by atoms with Crippen LogP contribution in [0.1, 0.15) is 42.5 Å². The number of rotatable bonds is 4. The first kappa shape index (κ1) is 13.6. The summed E-state index contributed by atoms with van der Waals surface area (Å²) in [5.41, 5.74) is 10.4. The molecule has 3 nitrogen and oxygen atoms in total. The molecule has 1 atom stereocenters. The maximum absolute atomic E-state index is 6.03. The van der Waals surface area contributed by atoms with Gasteiger partial charge in [-0.2, -0.15) is 0 Å². The van der Waals surface area contributed by atoms with E-state index in [0.717, 1.165) is 11.3 Å². The van der Waals surface area contributed by atoms with Gasteiger partial charge in [0.1, 0.15) is 0 Å². The molecule has 0 aliphatic heterocycles. The van der Waals surface area contributed by atoms with Crippen molar-refractivity contribution in [2.75, 3.05) is 12.8 Å². The van der Waals surface area contributed by atoms with Crippen LogP contribution in [0, 0.1) is 0 Å². The average Bonchev–Trinajstić information content (AvgIpc) is 2.42. The van der Waals surface area contributed by atoms with Crippen molar-refractivity contribution in [3.63, 3.8) is 0 Å². The zero-order valence-electron chi connectivity index (χ0n) is 11.7. The van der Waals surface area contributed by atoms with Crippen LogP contribution in [0.3, 0.4) is 0 Å². The number of aromatic nitrogens is 1. The van der Waals surface area contributed by atoms with Crippen LogP contribution in [0.25, 0.3) is 0 Å². The van der Waals surface area contributed by atoms with Gasteiger partial charge in [0.15, 0.2) is 0 Å². The van der Waals surface area contributed by atoms with E-state index in [2.05, 4.69) is 48.4 Å². The van der Waals surface area contributed by atoms with E-state index in [-0.39, 0.29) is 6.04 Å². The molecule has 100 valence electrons. The SMILES string of the molecule is CNC(c1ccc(C(C)C)cc1)c1cnccc1N. The normalized spacial score (nSPS) is 12.6. The van der Waals surface area contributed by atoms with Crippen molar-refractivity contribution in [3.05, 3.63) is 59.4 Å². The number of nitrogens with one attached hydrogen (secondary N) is 1. The third kappa shape index (κ3) is 2.93. The number of nitrogens with two attached hydrogens (primary N) is 1. The molecule has 0 aliphatic carbocycles. The zero-order valence-corrected chi connectivity index (χ0v) is 11.7. The highest BCUT2D eigenvalue weighted by Gasteiger charge is 2.14. The fourth-order valence-electron chi connectivity index (χ4n) is 2.23. The molecule has 2 aromatic rings. The van der Waals surface area contributed by atoms with Crippen molar-refractivity contribution in [1.82, 2.24) is 10.3 Å². The van der Waals surface area contributed by atoms with Gasteiger partial charge in [0.2, 0.25) is 0 Å². The van der Waals surface area contributed by atoms with E-state index in [0.29, 0.717) is 5.92 Å². The number of hydrogen-bond donors (Lipinski definition) is 2. The topological polar surface area (TPSA) is 50.9 Å². The summed E-state index contributed by atoms with van der Waals surface area (Å²) >= 11 is 0. The van der Waals surface area contributed by atoms with Crippen LogP contribution in [-0.2, 0) is 0 Å². The Morgan fingerprint density at radius 3 is 2.21 bits per heavy atom. The maximum atomic E-state index is 6.03. The molecule has 1 aromatic carbocycles. The first-order valence-corrected chi connectivity index (χ1v) is 6.60. The summed E-state index contributed by atoms with van der Waals surface area (Å²) < 4.78 is 0. The minimum Gasteiger partial charge on any atom is -0.398 e. The van der Waals surface area contributed by atoms with Crippen molar-refractivity contribution >= 4 is 5.69 Å². The zero-order chi connectivity index (χ0) is 13.8. The Labute approximate surface area is 114 Å². The van der Waals surface area contributed by atoms with Gasteiger partial charge in [0, 0.05) is 23.6 Å². The summed E-state index contributed by atoms with van der Waals surface area (Å²) in [5, 5.41) is 3.30. The molecule has 0 saturated carbocycles. The van der Waals surface area contributed by atoms with Gasteiger partial charge in [-0.05, 0) is 30.2 Å². The van der Waals surface area contributed by atoms with Gasteiger partial charge >= 0.3 is 0 Å². The van der Waals surface area contributed by atoms with Gasteiger partial charge in [-0.3, -0.25) is 4.98 Å². The summed E-state index contributed by atoms with van der Waals surface area (Å²) in [6.45, 7) is 4.40. The Morgan fingerprint density at radius 1 is 1.05 bits per heavy atom. The fraction of sp³-hybridized carbons (Fsp3) is 0.312. The molecule has 1 aromatic heterocycles. The molecule has 3 N–H and O–H groups in total. The summed E-state index contributed by atoms with van der Waals surface area (Å²) in [5.74, 6) is 0.547. The van der Waals surface area contributed by atoms with Crippen LogP contribution in [0.2, 0.25) is 0 Å². The van der Waals surface area contributed by atoms with Crippen molar-refractivity contribution in [1.29, 1.82) is 0 Å². The van der Waals surface area contributed by atoms with E-state index in [1.807, 2.05) is 19.3 Å². The first-order chi connectivity index (χ1) is 9.13. The second-order valence-electron chi connectivity index (χ2n) is 5.05. The summed E-state index contributed by atoms with van der Waals surface area (Å²) in [7, 11) is 1.94. The predicted molar refractivity (Wildman–Crippen MR) is 80.1 cm³/mol. The number of anilines is 1. The van der Waals surface area contributed by atoms with E-state index in [1.54, 1.807) is 6.20 Å². The standard InChI is InChI=1S/C16H21N3/c1-11(2)12-4-6-13(7-5-12)16(18-3)14-10-19-9-8-15(14)17/h4-11,16,18H,1-3H3,(H2,17,19). The number of benzene rings is 1. The van der Waals surface area contributed by atoms with Gasteiger partial charge < -0.3 is 11.1 Å². The first-order valence-electron chi connectivity index (χ1n) is 6.60. The van der Waals surface area contributed by atoms with Crippen molar-refractivity contribution in [3.8, 4) is 0 Å². The van der Waals surface area contributed by atoms with E-state index in [9.17, 15) is 0 Å². The third-order valence-electron chi connectivity index (χ3n) is 3.42. The lowest BCUT2D eigenvalue weighted by molar-refractivity contribution is 0.690. The number of pyridine rings is 1. The third-order valence-corrected chi connectivity index (χ3v) is 3.42. The van der Waals surface area contributed by atoms with Crippen molar-refractivity contribution in [2.24, 2.45) is 0 Å². The lowest BCUT2D eigenvalue weighted by Crippen LogP contribution is -2.19. The fourth-order valence-corrected chi connectivity index (χ4v) is 2.23. The summed E-state index contributed by atoms with van der Waals surface area (Å²) in [4.78, 5) is 4.17. The van der Waals surface area contributed by atoms with Crippen LogP contribution in [-0.4, -0.2) is 12.0 Å². The van der Waals surface area contributed by atoms with E-state index in [1.165, 1.54) is 11.1 Å². The molecule has 0 aliphatic rings. The molecular weight excluding hydrogens is 234 g/mol. The molecule has 0 amide bonds.